The average molecular weight is 276 g/mol. The molecule has 0 radical (unpaired) electrons. The molecule has 20 heavy (non-hydrogen) atoms. The summed E-state index contributed by atoms with van der Waals surface area (Å²) < 4.78 is 7.89. The molecule has 0 spiro atoms. The number of carbonyl (C=O) groups excluding carboxylic acids is 1. The van der Waals surface area contributed by atoms with Crippen molar-refractivity contribution in [2.45, 2.75) is 26.4 Å². The maximum atomic E-state index is 11.7. The van der Waals surface area contributed by atoms with Crippen molar-refractivity contribution < 1.29 is 9.53 Å². The molecule has 0 saturated carbocycles. The minimum absolute atomic E-state index is 0.458. The van der Waals surface area contributed by atoms with Crippen molar-refractivity contribution >= 4 is 17.5 Å². The Labute approximate surface area is 116 Å². The van der Waals surface area contributed by atoms with E-state index in [9.17, 15) is 4.79 Å². The summed E-state index contributed by atoms with van der Waals surface area (Å²) in [5.74, 6) is 0. The van der Waals surface area contributed by atoms with Crippen molar-refractivity contribution in [2.75, 3.05) is 0 Å². The van der Waals surface area contributed by atoms with Crippen molar-refractivity contribution in [1.82, 2.24) is 19.6 Å². The fourth-order valence-electron chi connectivity index (χ4n) is 1.35. The summed E-state index contributed by atoms with van der Waals surface area (Å²) in [5.41, 5.74) is 0.512. The van der Waals surface area contributed by atoms with Crippen LogP contribution in [0.1, 0.15) is 20.8 Å². The molecule has 0 aliphatic rings. The Balaban J connectivity index is 2.05. The second kappa shape index (κ2) is 5.24. The Morgan fingerprint density at radius 1 is 1.15 bits per heavy atom. The minimum atomic E-state index is -0.569. The number of aromatic nitrogens is 4. The summed E-state index contributed by atoms with van der Waals surface area (Å²) in [6.45, 7) is 5.37. The van der Waals surface area contributed by atoms with Crippen molar-refractivity contribution in [1.29, 1.82) is 0 Å². The van der Waals surface area contributed by atoms with Crippen LogP contribution in [0.4, 0.5) is 16.2 Å². The largest absolute Gasteiger partial charge is 0.442 e. The summed E-state index contributed by atoms with van der Waals surface area (Å²) in [5, 5.41) is 15.8. The zero-order chi connectivity index (χ0) is 14.8. The Bertz CT molecular complexity index is 634. The summed E-state index contributed by atoms with van der Waals surface area (Å²) >= 11 is 0. The van der Waals surface area contributed by atoms with Gasteiger partial charge in [-0.05, 0) is 20.8 Å². The second-order valence-corrected chi connectivity index (χ2v) is 5.20. The number of hydrogen-bond acceptors (Lipinski definition) is 6. The lowest BCUT2D eigenvalue weighted by Crippen LogP contribution is -2.27. The van der Waals surface area contributed by atoms with E-state index in [0.717, 1.165) is 4.68 Å². The van der Waals surface area contributed by atoms with Crippen LogP contribution in [0.15, 0.2) is 35.0 Å². The van der Waals surface area contributed by atoms with Crippen molar-refractivity contribution in [3.63, 3.8) is 0 Å². The van der Waals surface area contributed by atoms with Gasteiger partial charge in [0.1, 0.15) is 17.0 Å². The number of nitrogens with zero attached hydrogens (tertiary/aromatic N) is 6. The molecule has 0 atom stereocenters. The molecular weight excluding hydrogens is 260 g/mol. The lowest BCUT2D eigenvalue weighted by molar-refractivity contribution is 0.0514. The number of aryl methyl sites for hydroxylation is 1. The molecule has 0 fully saturated rings. The molecule has 0 bridgehead atoms. The number of carbonyl (C=O) groups is 1. The highest BCUT2D eigenvalue weighted by atomic mass is 16.6. The fourth-order valence-corrected chi connectivity index (χ4v) is 1.35. The van der Waals surface area contributed by atoms with Gasteiger partial charge in [-0.1, -0.05) is 0 Å². The van der Waals surface area contributed by atoms with Crippen LogP contribution in [0.3, 0.4) is 0 Å². The van der Waals surface area contributed by atoms with Crippen LogP contribution in [-0.2, 0) is 11.8 Å². The van der Waals surface area contributed by atoms with E-state index in [1.807, 2.05) is 0 Å². The van der Waals surface area contributed by atoms with Gasteiger partial charge in [-0.25, -0.2) is 4.79 Å². The third kappa shape index (κ3) is 3.74. The number of ether oxygens (including phenoxy) is 1. The predicted molar refractivity (Wildman–Crippen MR) is 71.2 cm³/mol. The third-order valence-electron chi connectivity index (χ3n) is 2.12. The summed E-state index contributed by atoms with van der Waals surface area (Å²) in [7, 11) is 1.79. The maximum Gasteiger partial charge on any atom is 0.435 e. The second-order valence-electron chi connectivity index (χ2n) is 5.20. The molecule has 0 N–H and O–H groups in total. The normalized spacial score (nSPS) is 12.0. The lowest BCUT2D eigenvalue weighted by Gasteiger charge is -2.18. The van der Waals surface area contributed by atoms with Gasteiger partial charge in [0.05, 0.1) is 24.8 Å². The van der Waals surface area contributed by atoms with E-state index in [-0.39, 0.29) is 0 Å². The van der Waals surface area contributed by atoms with Crippen molar-refractivity contribution in [3.05, 3.63) is 24.8 Å². The van der Waals surface area contributed by atoms with Gasteiger partial charge in [0.2, 0.25) is 0 Å². The molecule has 2 heterocycles. The van der Waals surface area contributed by atoms with Gasteiger partial charge in [-0.15, -0.1) is 10.2 Å². The molecule has 8 nitrogen and oxygen atoms in total. The summed E-state index contributed by atoms with van der Waals surface area (Å²) in [4.78, 5) is 11.7. The van der Waals surface area contributed by atoms with Gasteiger partial charge in [0, 0.05) is 7.05 Å². The minimum Gasteiger partial charge on any atom is -0.442 e. The monoisotopic (exact) mass is 276 g/mol. The maximum absolute atomic E-state index is 11.7. The van der Waals surface area contributed by atoms with Gasteiger partial charge in [0.15, 0.2) is 0 Å². The number of azo groups is 1. The van der Waals surface area contributed by atoms with Gasteiger partial charge in [0.25, 0.3) is 0 Å². The zero-order valence-corrected chi connectivity index (χ0v) is 11.8. The molecule has 2 aromatic heterocycles. The first-order valence-corrected chi connectivity index (χ1v) is 6.02. The molecule has 0 aromatic carbocycles. The van der Waals surface area contributed by atoms with E-state index in [2.05, 4.69) is 20.4 Å². The Kier molecular flexibility index (Phi) is 3.64. The van der Waals surface area contributed by atoms with Crippen LogP contribution in [-0.4, -0.2) is 31.3 Å². The van der Waals surface area contributed by atoms with E-state index in [1.54, 1.807) is 44.9 Å². The van der Waals surface area contributed by atoms with E-state index in [1.165, 1.54) is 12.4 Å². The molecule has 106 valence electrons. The van der Waals surface area contributed by atoms with Crippen LogP contribution in [0.2, 0.25) is 0 Å². The first kappa shape index (κ1) is 13.9. The average Bonchev–Trinajstić information content (AvgIpc) is 2.93. The highest BCUT2D eigenvalue weighted by Gasteiger charge is 2.18. The molecular formula is C12H16N6O2. The van der Waals surface area contributed by atoms with Gasteiger partial charge in [-0.2, -0.15) is 14.9 Å². The summed E-state index contributed by atoms with van der Waals surface area (Å²) in [6.07, 6.45) is 5.64. The molecule has 0 aliphatic carbocycles. The zero-order valence-electron chi connectivity index (χ0n) is 11.8. The van der Waals surface area contributed by atoms with Crippen LogP contribution in [0, 0.1) is 0 Å². The smallest absolute Gasteiger partial charge is 0.435 e. The highest BCUT2D eigenvalue weighted by Crippen LogP contribution is 2.17. The predicted octanol–water partition coefficient (Wildman–Crippen LogP) is 2.82. The fraction of sp³-hybridized carbons (Fsp3) is 0.417. The molecule has 8 heteroatoms. The molecule has 0 aliphatic heterocycles. The molecule has 2 rings (SSSR count). The molecule has 2 aromatic rings. The lowest BCUT2D eigenvalue weighted by atomic mass is 10.2. The standard InChI is InChI=1S/C12H16N6O2/c1-12(2,3)20-11(19)18-8-10(6-14-18)16-15-9-5-13-17(4)7-9/h5-8H,1-4H3/b16-15+. The first-order valence-electron chi connectivity index (χ1n) is 6.02. The Hall–Kier alpha value is -2.51. The van der Waals surface area contributed by atoms with Crippen LogP contribution in [0.25, 0.3) is 0 Å². The summed E-state index contributed by atoms with van der Waals surface area (Å²) in [6, 6.07) is 0. The Morgan fingerprint density at radius 2 is 1.75 bits per heavy atom. The third-order valence-corrected chi connectivity index (χ3v) is 2.12. The number of hydrogen-bond donors (Lipinski definition) is 0. The van der Waals surface area contributed by atoms with E-state index in [0.29, 0.717) is 11.4 Å². The van der Waals surface area contributed by atoms with E-state index in [4.69, 9.17) is 4.74 Å². The van der Waals surface area contributed by atoms with E-state index >= 15 is 0 Å². The van der Waals surface area contributed by atoms with Gasteiger partial charge < -0.3 is 4.74 Å². The van der Waals surface area contributed by atoms with Gasteiger partial charge >= 0.3 is 6.09 Å². The number of rotatable bonds is 2. The quantitative estimate of drug-likeness (QED) is 0.789. The van der Waals surface area contributed by atoms with Crippen LogP contribution < -0.4 is 0 Å². The van der Waals surface area contributed by atoms with Crippen molar-refractivity contribution in [2.24, 2.45) is 17.3 Å². The highest BCUT2D eigenvalue weighted by molar-refractivity contribution is 5.70. The molecule has 0 amide bonds. The molecule has 0 unspecified atom stereocenters. The van der Waals surface area contributed by atoms with Crippen LogP contribution >= 0.6 is 0 Å². The van der Waals surface area contributed by atoms with Crippen LogP contribution in [0.5, 0.6) is 0 Å². The molecule has 0 saturated heterocycles. The van der Waals surface area contributed by atoms with E-state index < -0.39 is 11.7 Å². The SMILES string of the molecule is Cn1cc(/N=N/c2cnn(C(=O)OC(C)(C)C)c2)cn1. The Morgan fingerprint density at radius 3 is 2.30 bits per heavy atom. The first-order chi connectivity index (χ1) is 9.33. The van der Waals surface area contributed by atoms with Crippen molar-refractivity contribution in [3.8, 4) is 0 Å². The topological polar surface area (TPSA) is 86.7 Å². The van der Waals surface area contributed by atoms with Gasteiger partial charge in [-0.3, -0.25) is 4.68 Å².